The van der Waals surface area contributed by atoms with Gasteiger partial charge in [-0.2, -0.15) is 0 Å². The highest BCUT2D eigenvalue weighted by Crippen LogP contribution is 2.16. The van der Waals surface area contributed by atoms with Crippen LogP contribution in [0.1, 0.15) is 154 Å². The van der Waals surface area contributed by atoms with Crippen molar-refractivity contribution in [3.8, 4) is 5.75 Å². The Balaban J connectivity index is 1.68. The Morgan fingerprint density at radius 3 is 0.925 bits per heavy atom. The molecule has 0 aromatic heterocycles. The normalized spacial score (nSPS) is 11.5. The van der Waals surface area contributed by atoms with E-state index in [1.807, 2.05) is 0 Å². The summed E-state index contributed by atoms with van der Waals surface area (Å²) in [6.45, 7) is 13.3. The van der Waals surface area contributed by atoms with Crippen molar-refractivity contribution in [1.82, 2.24) is 0 Å². The van der Waals surface area contributed by atoms with Crippen molar-refractivity contribution < 1.29 is 37.9 Å². The topological polar surface area (TPSA) is 73.8 Å². The van der Waals surface area contributed by atoms with E-state index < -0.39 is 0 Å². The molecule has 0 amide bonds. The number of aryl methyl sites for hydroxylation is 1. The number of benzene rings is 1. The lowest BCUT2D eigenvalue weighted by atomic mass is 10.0. The van der Waals surface area contributed by atoms with Crippen molar-refractivity contribution >= 4 is 0 Å². The minimum Gasteiger partial charge on any atom is -0.491 e. The lowest BCUT2D eigenvalue weighted by Crippen LogP contribution is -2.15. The molecule has 0 heterocycles. The molecule has 0 fully saturated rings. The zero-order valence-corrected chi connectivity index (χ0v) is 34.7. The Morgan fingerprint density at radius 2 is 0.566 bits per heavy atom. The van der Waals surface area contributed by atoms with Crippen LogP contribution >= 0.6 is 0 Å². The van der Waals surface area contributed by atoms with Crippen LogP contribution < -0.4 is 4.74 Å². The maximum absolute atomic E-state index is 5.80. The number of ether oxygens (including phenoxy) is 8. The third kappa shape index (κ3) is 38.8. The van der Waals surface area contributed by atoms with E-state index >= 15 is 0 Å². The molecule has 0 radical (unpaired) electrons. The summed E-state index contributed by atoms with van der Waals surface area (Å²) >= 11 is 0. The van der Waals surface area contributed by atoms with E-state index in [0.29, 0.717) is 92.5 Å². The van der Waals surface area contributed by atoms with Gasteiger partial charge in [0.15, 0.2) is 0 Å². The van der Waals surface area contributed by atoms with Crippen molar-refractivity contribution in [1.29, 1.82) is 0 Å². The van der Waals surface area contributed by atoms with Crippen molar-refractivity contribution in [2.75, 3.05) is 99.1 Å². The van der Waals surface area contributed by atoms with Gasteiger partial charge in [0, 0.05) is 6.61 Å². The van der Waals surface area contributed by atoms with Gasteiger partial charge in [0.2, 0.25) is 0 Å². The molecule has 0 aliphatic carbocycles. The van der Waals surface area contributed by atoms with Crippen LogP contribution in [0.2, 0.25) is 0 Å². The number of hydrogen-bond donors (Lipinski definition) is 0. The fourth-order valence-corrected chi connectivity index (χ4v) is 6.08. The highest BCUT2D eigenvalue weighted by atomic mass is 16.6. The molecule has 0 saturated carbocycles. The minimum atomic E-state index is 0.536. The highest BCUT2D eigenvalue weighted by Gasteiger charge is 2.00. The monoisotopic (exact) mass is 753 g/mol. The second-order valence-corrected chi connectivity index (χ2v) is 14.2. The second-order valence-electron chi connectivity index (χ2n) is 14.2. The second kappa shape index (κ2) is 43.5. The molecule has 1 aromatic rings. The first-order valence-electron chi connectivity index (χ1n) is 22.1. The Bertz CT molecular complexity index is 808. The molecule has 8 nitrogen and oxygen atoms in total. The van der Waals surface area contributed by atoms with Crippen LogP contribution in [0.15, 0.2) is 24.3 Å². The van der Waals surface area contributed by atoms with Crippen LogP contribution in [0, 0.1) is 0 Å². The molecule has 1 aromatic carbocycles. The van der Waals surface area contributed by atoms with Crippen molar-refractivity contribution in [2.45, 2.75) is 155 Å². The summed E-state index contributed by atoms with van der Waals surface area (Å²) in [5.41, 5.74) is 1.39. The third-order valence-corrected chi connectivity index (χ3v) is 9.36. The average Bonchev–Trinajstić information content (AvgIpc) is 3.18. The van der Waals surface area contributed by atoms with Gasteiger partial charge in [-0.25, -0.2) is 0 Å². The average molecular weight is 753 g/mol. The van der Waals surface area contributed by atoms with Crippen LogP contribution in [0.3, 0.4) is 0 Å². The first kappa shape index (κ1) is 49.8. The van der Waals surface area contributed by atoms with Crippen LogP contribution in [0.5, 0.6) is 5.75 Å². The smallest absolute Gasteiger partial charge is 0.119 e. The third-order valence-electron chi connectivity index (χ3n) is 9.36. The molecule has 312 valence electrons. The van der Waals surface area contributed by atoms with Gasteiger partial charge in [-0.3, -0.25) is 0 Å². The van der Waals surface area contributed by atoms with Gasteiger partial charge in [-0.15, -0.1) is 0 Å². The van der Waals surface area contributed by atoms with E-state index in [1.165, 1.54) is 134 Å². The molecular weight excluding hydrogens is 668 g/mol. The van der Waals surface area contributed by atoms with Crippen molar-refractivity contribution in [3.05, 3.63) is 29.8 Å². The van der Waals surface area contributed by atoms with Gasteiger partial charge < -0.3 is 37.9 Å². The summed E-state index contributed by atoms with van der Waals surface area (Å²) in [5, 5.41) is 0. The Hall–Kier alpha value is -1.26. The van der Waals surface area contributed by atoms with Crippen LogP contribution in [0.4, 0.5) is 0 Å². The lowest BCUT2D eigenvalue weighted by molar-refractivity contribution is -0.0213. The molecule has 0 aliphatic heterocycles. The van der Waals surface area contributed by atoms with E-state index in [0.717, 1.165) is 25.2 Å². The Morgan fingerprint density at radius 1 is 0.283 bits per heavy atom. The van der Waals surface area contributed by atoms with Crippen LogP contribution in [0.25, 0.3) is 0 Å². The molecule has 0 unspecified atom stereocenters. The molecular formula is C45H84O8. The largest absolute Gasteiger partial charge is 0.491 e. The molecule has 0 atom stereocenters. The highest BCUT2D eigenvalue weighted by molar-refractivity contribution is 5.27. The van der Waals surface area contributed by atoms with Gasteiger partial charge in [0.05, 0.1) is 85.9 Å². The molecule has 8 heteroatoms. The first-order valence-corrected chi connectivity index (χ1v) is 22.1. The zero-order chi connectivity index (χ0) is 37.8. The van der Waals surface area contributed by atoms with E-state index in [2.05, 4.69) is 38.1 Å². The number of rotatable bonds is 45. The van der Waals surface area contributed by atoms with Gasteiger partial charge in [-0.1, -0.05) is 148 Å². The summed E-state index contributed by atoms with van der Waals surface area (Å²) in [6.07, 6.45) is 29.9. The summed E-state index contributed by atoms with van der Waals surface area (Å²) in [7, 11) is 0. The summed E-state index contributed by atoms with van der Waals surface area (Å²) < 4.78 is 44.9. The first-order chi connectivity index (χ1) is 26.4. The number of unbranched alkanes of at least 4 members (excludes halogenated alkanes) is 19. The van der Waals surface area contributed by atoms with Gasteiger partial charge in [0.1, 0.15) is 12.4 Å². The minimum absolute atomic E-state index is 0.536. The molecule has 1 rings (SSSR count). The molecule has 0 saturated heterocycles. The molecule has 0 bridgehead atoms. The molecule has 0 aliphatic rings. The maximum atomic E-state index is 5.80. The van der Waals surface area contributed by atoms with Gasteiger partial charge in [-0.05, 0) is 37.0 Å². The van der Waals surface area contributed by atoms with Crippen molar-refractivity contribution in [3.63, 3.8) is 0 Å². The quantitative estimate of drug-likeness (QED) is 0.0610. The summed E-state index contributed by atoms with van der Waals surface area (Å²) in [4.78, 5) is 0. The SMILES string of the molecule is CCCCCCCCCCCCCCCCOCCOCCOCCOCCOCCOCCOCCOc1ccc(CCCCCCCCC)cc1. The van der Waals surface area contributed by atoms with E-state index in [9.17, 15) is 0 Å². The van der Waals surface area contributed by atoms with E-state index in [-0.39, 0.29) is 0 Å². The predicted octanol–water partition coefficient (Wildman–Crippen LogP) is 11.0. The Kier molecular flexibility index (Phi) is 40.8. The standard InChI is InChI=1S/C45H84O8/c1-3-5-7-9-11-12-13-14-15-16-17-19-21-23-29-46-30-31-47-32-33-48-34-35-49-36-37-50-38-39-51-40-41-52-42-43-53-45-27-25-44(26-28-45)24-22-20-18-10-8-6-4-2/h25-28H,3-24,29-43H2,1-2H3. The van der Waals surface area contributed by atoms with E-state index in [4.69, 9.17) is 37.9 Å². The summed E-state index contributed by atoms with van der Waals surface area (Å²) in [5.74, 6) is 0.897. The molecule has 53 heavy (non-hydrogen) atoms. The number of hydrogen-bond acceptors (Lipinski definition) is 8. The fourth-order valence-electron chi connectivity index (χ4n) is 6.08. The molecule has 0 N–H and O–H groups in total. The van der Waals surface area contributed by atoms with Crippen LogP contribution in [-0.4, -0.2) is 99.1 Å². The van der Waals surface area contributed by atoms with Gasteiger partial charge in [0.25, 0.3) is 0 Å². The maximum Gasteiger partial charge on any atom is 0.119 e. The summed E-state index contributed by atoms with van der Waals surface area (Å²) in [6, 6.07) is 8.49. The predicted molar refractivity (Wildman–Crippen MR) is 220 cm³/mol. The fraction of sp³-hybridized carbons (Fsp3) is 0.867. The van der Waals surface area contributed by atoms with Crippen LogP contribution in [-0.2, 0) is 39.6 Å². The van der Waals surface area contributed by atoms with Crippen molar-refractivity contribution in [2.24, 2.45) is 0 Å². The lowest BCUT2D eigenvalue weighted by Gasteiger charge is -2.09. The molecule has 0 spiro atoms. The zero-order valence-electron chi connectivity index (χ0n) is 34.7. The van der Waals surface area contributed by atoms with E-state index in [1.54, 1.807) is 0 Å². The Labute approximate surface area is 327 Å². The van der Waals surface area contributed by atoms with Gasteiger partial charge >= 0.3 is 0 Å².